The summed E-state index contributed by atoms with van der Waals surface area (Å²) in [6.07, 6.45) is 11.4. The van der Waals surface area contributed by atoms with Gasteiger partial charge in [-0.05, 0) is 106 Å². The van der Waals surface area contributed by atoms with E-state index >= 15 is 0 Å². The number of aliphatic hydroxyl groups is 1. The average molecular weight is 1040 g/mol. The second kappa shape index (κ2) is 24.2. The maximum atomic E-state index is 11.2. The number of hydrogen-bond donors (Lipinski definition) is 4. The molecule has 1 amide bonds. The molecule has 0 unspecified atom stereocenters. The average Bonchev–Trinajstić information content (AvgIpc) is 4.13. The second-order valence-electron chi connectivity index (χ2n) is 16.9. The molecule has 24 heteroatoms. The number of alkyl carbamates (subject to hydrolysis) is 1. The van der Waals surface area contributed by atoms with Gasteiger partial charge in [-0.25, -0.2) is 59.2 Å². The topological polar surface area (TPSA) is 249 Å². The fourth-order valence-corrected chi connectivity index (χ4v) is 7.32. The summed E-state index contributed by atoms with van der Waals surface area (Å²) in [6, 6.07) is 23.8. The van der Waals surface area contributed by atoms with Crippen molar-refractivity contribution in [3.63, 3.8) is 0 Å². The molecule has 0 saturated heterocycles. The van der Waals surface area contributed by atoms with E-state index in [-0.39, 0.29) is 51.7 Å². The van der Waals surface area contributed by atoms with Gasteiger partial charge in [-0.3, -0.25) is 9.13 Å². The van der Waals surface area contributed by atoms with Gasteiger partial charge in [0.1, 0.15) is 35.3 Å². The van der Waals surface area contributed by atoms with Crippen molar-refractivity contribution in [2.24, 2.45) is 5.73 Å². The number of aromatic nitrogens is 12. The van der Waals surface area contributed by atoms with E-state index in [1.165, 1.54) is 18.6 Å². The standard InChI is InChI=1S/C16H14N6O.C12H6ClN5.C9H17NO3.C7H6N2.C5HCl2N3/c1-18-13-8-19-16(23-11-6-10(17)7-11)21-15(13)22-9-20-12-4-2-3-5-14(12)22;1-14-9-6-15-12(13)17-11(9)18-7-16-8-4-2-3-5-10(8)18;1-9(2,3)13-8(12)10-6-4-7(11)5-6;1-2-4-7-6(3-1)8-5-9-7;1-8-3-2-9-5(7)10-4(3)6/h2-5,8-11H,6-7,17H2;2-7H;6-7,11H,4-5H2,1-3H3,(H,10,12);1-5H,(H,8,9);2H. The van der Waals surface area contributed by atoms with E-state index in [4.69, 9.17) is 74.8 Å². The van der Waals surface area contributed by atoms with Crippen LogP contribution in [0.25, 0.3) is 59.3 Å². The first-order valence-corrected chi connectivity index (χ1v) is 23.3. The van der Waals surface area contributed by atoms with Gasteiger partial charge in [0, 0.05) is 30.7 Å². The fraction of sp³-hybridized carbons (Fsp3) is 0.245. The van der Waals surface area contributed by atoms with Gasteiger partial charge in [0.15, 0.2) is 5.82 Å². The van der Waals surface area contributed by atoms with E-state index in [1.807, 2.05) is 93.6 Å². The molecule has 370 valence electrons. The first-order chi connectivity index (χ1) is 35.1. The van der Waals surface area contributed by atoms with E-state index in [0.29, 0.717) is 35.9 Å². The van der Waals surface area contributed by atoms with Gasteiger partial charge in [-0.15, -0.1) is 0 Å². The number of imidazole rings is 3. The number of fused-ring (bicyclic) bond motifs is 3. The number of hydrogen-bond acceptors (Lipinski definition) is 14. The molecule has 11 rings (SSSR count). The lowest BCUT2D eigenvalue weighted by atomic mass is 9.90. The number of para-hydroxylation sites is 6. The molecule has 21 nitrogen and oxygen atoms in total. The van der Waals surface area contributed by atoms with Crippen LogP contribution in [0.2, 0.25) is 15.7 Å². The van der Waals surface area contributed by atoms with Crippen LogP contribution in [0.5, 0.6) is 6.01 Å². The smallest absolute Gasteiger partial charge is 0.407 e. The summed E-state index contributed by atoms with van der Waals surface area (Å²) in [5.41, 5.74) is 11.8. The number of aliphatic hydroxyl groups excluding tert-OH is 1. The van der Waals surface area contributed by atoms with Crippen molar-refractivity contribution >= 4 is 91.1 Å². The molecule has 9 aromatic rings. The minimum Gasteiger partial charge on any atom is -0.460 e. The van der Waals surface area contributed by atoms with E-state index in [2.05, 4.69) is 69.7 Å². The lowest BCUT2D eigenvalue weighted by Crippen LogP contribution is -2.48. The predicted octanol–water partition coefficient (Wildman–Crippen LogP) is 10.2. The zero-order chi connectivity index (χ0) is 52.1. The molecule has 2 saturated carbocycles. The number of amides is 1. The first-order valence-electron chi connectivity index (χ1n) is 22.1. The molecule has 5 N–H and O–H groups in total. The number of ether oxygens (including phenoxy) is 2. The van der Waals surface area contributed by atoms with Gasteiger partial charge in [-0.1, -0.05) is 48.0 Å². The Morgan fingerprint density at radius 1 is 0.712 bits per heavy atom. The first kappa shape index (κ1) is 52.5. The van der Waals surface area contributed by atoms with Crippen LogP contribution in [-0.2, 0) is 4.74 Å². The molecule has 0 atom stereocenters. The molecule has 2 fully saturated rings. The highest BCUT2D eigenvalue weighted by Crippen LogP contribution is 2.29. The molecule has 2 aliphatic rings. The molecule has 0 aliphatic heterocycles. The van der Waals surface area contributed by atoms with Crippen LogP contribution in [0.1, 0.15) is 46.5 Å². The van der Waals surface area contributed by atoms with Gasteiger partial charge in [0.25, 0.3) is 0 Å². The third-order valence-electron chi connectivity index (χ3n) is 10.4. The third kappa shape index (κ3) is 14.2. The van der Waals surface area contributed by atoms with Crippen molar-refractivity contribution in [3.8, 4) is 17.6 Å². The normalized spacial score (nSPS) is 16.3. The van der Waals surface area contributed by atoms with E-state index < -0.39 is 11.7 Å². The Morgan fingerprint density at radius 2 is 1.23 bits per heavy atom. The number of halogens is 3. The molecular formula is C49H44Cl3N17O4. The van der Waals surface area contributed by atoms with Gasteiger partial charge < -0.3 is 30.6 Å². The van der Waals surface area contributed by atoms with Gasteiger partial charge in [0.2, 0.25) is 27.6 Å². The molecule has 6 heterocycles. The van der Waals surface area contributed by atoms with Crippen molar-refractivity contribution in [2.45, 2.75) is 76.3 Å². The number of carbonyl (C=O) groups is 1. The molecule has 0 radical (unpaired) electrons. The van der Waals surface area contributed by atoms with Crippen LogP contribution in [0.4, 0.5) is 21.9 Å². The van der Waals surface area contributed by atoms with E-state index in [1.54, 1.807) is 28.1 Å². The summed E-state index contributed by atoms with van der Waals surface area (Å²) in [6.45, 7) is 26.5. The summed E-state index contributed by atoms with van der Waals surface area (Å²) in [7, 11) is 0. The molecule has 6 aromatic heterocycles. The number of rotatable bonds is 5. The lowest BCUT2D eigenvalue weighted by Gasteiger charge is -2.32. The largest absolute Gasteiger partial charge is 0.460 e. The van der Waals surface area contributed by atoms with Crippen molar-refractivity contribution < 1.29 is 19.4 Å². The molecular weight excluding hydrogens is 997 g/mol. The number of nitrogens with two attached hydrogens (primary N) is 1. The van der Waals surface area contributed by atoms with Gasteiger partial charge >= 0.3 is 12.1 Å². The number of benzene rings is 3. The van der Waals surface area contributed by atoms with Crippen molar-refractivity contribution in [3.05, 3.63) is 160 Å². The minimum absolute atomic E-state index is 0.0520. The van der Waals surface area contributed by atoms with Crippen LogP contribution < -0.4 is 15.8 Å². The fourth-order valence-electron chi connectivity index (χ4n) is 6.84. The number of H-pyrrole nitrogens is 1. The SMILES string of the molecule is CC(C)(C)OC(=O)NC1CC(O)C1.[C-]#[N+]c1cnc(Cl)nc1-n1cnc2ccccc21.[C-]#[N+]c1cnc(Cl)nc1Cl.[C-]#[N+]c1cnc(OC2CC(N)C2)nc1-n1cnc2ccccc21.c1ccc2[nH]cnc2c1. The number of carbonyl (C=O) groups excluding carboxylic acids is 1. The Bertz CT molecular complexity index is 3440. The summed E-state index contributed by atoms with van der Waals surface area (Å²) in [5.74, 6) is 0.918. The summed E-state index contributed by atoms with van der Waals surface area (Å²) in [4.78, 5) is 60.3. The molecule has 0 bridgehead atoms. The number of nitrogens with zero attached hydrogens (tertiary/aromatic N) is 14. The van der Waals surface area contributed by atoms with E-state index in [0.717, 1.165) is 45.9 Å². The molecule has 73 heavy (non-hydrogen) atoms. The maximum absolute atomic E-state index is 11.2. The quantitative estimate of drug-likeness (QED) is 0.0711. The van der Waals surface area contributed by atoms with Gasteiger partial charge in [0.05, 0.1) is 65.2 Å². The lowest BCUT2D eigenvalue weighted by molar-refractivity contribution is 0.0304. The van der Waals surface area contributed by atoms with Crippen LogP contribution in [0, 0.1) is 19.7 Å². The summed E-state index contributed by atoms with van der Waals surface area (Å²) in [5, 5.41) is 11.9. The Labute approximate surface area is 432 Å². The highest BCUT2D eigenvalue weighted by Gasteiger charge is 2.30. The summed E-state index contributed by atoms with van der Waals surface area (Å²) < 4.78 is 14.3. The Hall–Kier alpha value is -8.36. The van der Waals surface area contributed by atoms with Crippen molar-refractivity contribution in [1.82, 2.24) is 64.3 Å². The third-order valence-corrected chi connectivity index (χ3v) is 11.1. The van der Waals surface area contributed by atoms with Crippen molar-refractivity contribution in [2.75, 3.05) is 0 Å². The van der Waals surface area contributed by atoms with Crippen LogP contribution in [0.15, 0.2) is 110 Å². The van der Waals surface area contributed by atoms with Crippen molar-refractivity contribution in [1.29, 1.82) is 0 Å². The minimum atomic E-state index is -0.452. The van der Waals surface area contributed by atoms with Crippen LogP contribution >= 0.6 is 34.8 Å². The monoisotopic (exact) mass is 1040 g/mol. The van der Waals surface area contributed by atoms with Crippen LogP contribution in [-0.4, -0.2) is 100 Å². The Morgan fingerprint density at radius 3 is 1.77 bits per heavy atom. The second-order valence-corrected chi connectivity index (χ2v) is 18.0. The van der Waals surface area contributed by atoms with Crippen LogP contribution in [0.3, 0.4) is 0 Å². The summed E-state index contributed by atoms with van der Waals surface area (Å²) >= 11 is 16.6. The molecule has 0 spiro atoms. The number of aromatic amines is 1. The number of nitrogens with one attached hydrogen (secondary N) is 2. The predicted molar refractivity (Wildman–Crippen MR) is 275 cm³/mol. The zero-order valence-corrected chi connectivity index (χ0v) is 41.4. The Kier molecular flexibility index (Phi) is 17.4. The highest BCUT2D eigenvalue weighted by molar-refractivity contribution is 6.33. The molecule has 2 aliphatic carbocycles. The Balaban J connectivity index is 0.000000140. The van der Waals surface area contributed by atoms with Gasteiger partial charge in [-0.2, -0.15) is 4.98 Å². The van der Waals surface area contributed by atoms with E-state index in [9.17, 15) is 4.79 Å². The maximum Gasteiger partial charge on any atom is 0.407 e. The highest BCUT2D eigenvalue weighted by atomic mass is 35.5. The molecule has 3 aromatic carbocycles. The zero-order valence-electron chi connectivity index (χ0n) is 39.2.